The first-order chi connectivity index (χ1) is 30.4. The van der Waals surface area contributed by atoms with Gasteiger partial charge in [-0.2, -0.15) is 0 Å². The number of primary amides is 1. The van der Waals surface area contributed by atoms with Crippen LogP contribution in [0.4, 0.5) is 0 Å². The van der Waals surface area contributed by atoms with E-state index in [4.69, 9.17) is 17.2 Å². The summed E-state index contributed by atoms with van der Waals surface area (Å²) in [4.78, 5) is 110. The number of nitrogens with zero attached hydrogens (tertiary/aromatic N) is 2. The summed E-state index contributed by atoms with van der Waals surface area (Å²) in [5, 5.41) is 39.9. The number of phenols is 2. The minimum absolute atomic E-state index is 0.0233. The van der Waals surface area contributed by atoms with E-state index in [0.717, 1.165) is 4.90 Å². The van der Waals surface area contributed by atoms with Crippen molar-refractivity contribution >= 4 is 47.3 Å². The summed E-state index contributed by atoms with van der Waals surface area (Å²) >= 11 is 0. The lowest BCUT2D eigenvalue weighted by Crippen LogP contribution is -2.60. The minimum atomic E-state index is -1.58. The number of phenolic OH excluding ortho intramolecular Hbond substituents is 2. The Bertz CT molecular complexity index is 1970. The van der Waals surface area contributed by atoms with E-state index in [1.807, 2.05) is 13.8 Å². The first-order valence-electron chi connectivity index (χ1n) is 21.8. The van der Waals surface area contributed by atoms with E-state index in [1.165, 1.54) is 41.3 Å². The number of nitrogens with two attached hydrogens (primary N) is 3. The van der Waals surface area contributed by atoms with Gasteiger partial charge in [0.05, 0.1) is 12.5 Å². The van der Waals surface area contributed by atoms with E-state index >= 15 is 0 Å². The Morgan fingerprint density at radius 2 is 1.16 bits per heavy atom. The average molecular weight is 894 g/mol. The highest BCUT2D eigenvalue weighted by molar-refractivity contribution is 5.98. The number of unbranched alkanes of at least 4 members (excludes halogenated alkanes) is 1. The normalized spacial score (nSPS) is 18.8. The molecule has 4 rings (SSSR count). The van der Waals surface area contributed by atoms with Crippen molar-refractivity contribution in [3.63, 3.8) is 0 Å². The quantitative estimate of drug-likeness (QED) is 0.0616. The number of carbonyl (C=O) groups is 8. The highest BCUT2D eigenvalue weighted by Crippen LogP contribution is 2.23. The Hall–Kier alpha value is -6.28. The van der Waals surface area contributed by atoms with Crippen molar-refractivity contribution in [2.24, 2.45) is 23.1 Å². The van der Waals surface area contributed by atoms with E-state index in [-0.39, 0.29) is 62.1 Å². The number of aromatic hydroxyl groups is 2. The molecule has 2 heterocycles. The number of amides is 7. The van der Waals surface area contributed by atoms with Crippen LogP contribution in [0.5, 0.6) is 11.5 Å². The second-order valence-electron chi connectivity index (χ2n) is 16.6. The molecule has 64 heavy (non-hydrogen) atoms. The van der Waals surface area contributed by atoms with Gasteiger partial charge in [0.15, 0.2) is 0 Å². The van der Waals surface area contributed by atoms with Crippen LogP contribution >= 0.6 is 0 Å². The van der Waals surface area contributed by atoms with E-state index in [2.05, 4.69) is 21.3 Å². The number of rotatable bonds is 23. The summed E-state index contributed by atoms with van der Waals surface area (Å²) in [5.74, 6) is -6.70. The molecule has 2 aliphatic heterocycles. The maximum Gasteiger partial charge on any atom is 0.326 e. The number of aliphatic carboxylic acids is 1. The SMILES string of the molecule is CC[C@H](C)[C@H](N)C(=O)N1CCC[C@H]1C(=O)N[C@@H](Cc1ccc(O)cc1)C(=O)N[C@@H](CCCCN)C(=O)N[C@@H](CC(N)=O)C(=O)N1CCC[C@H]1C(=O)N[C@@H](Cc1ccc(O)cc1)C(=O)O. The fraction of sp³-hybridized carbons (Fsp3) is 0.545. The summed E-state index contributed by atoms with van der Waals surface area (Å²) in [6.45, 7) is 4.36. The fourth-order valence-corrected chi connectivity index (χ4v) is 7.88. The molecule has 13 N–H and O–H groups in total. The van der Waals surface area contributed by atoms with Gasteiger partial charge < -0.3 is 63.6 Å². The summed E-state index contributed by atoms with van der Waals surface area (Å²) in [6, 6.07) is 3.26. The zero-order chi connectivity index (χ0) is 47.1. The monoisotopic (exact) mass is 893 g/mol. The first-order valence-corrected chi connectivity index (χ1v) is 21.8. The summed E-state index contributed by atoms with van der Waals surface area (Å²) < 4.78 is 0. The molecule has 8 atom stereocenters. The van der Waals surface area contributed by atoms with Crippen molar-refractivity contribution in [3.05, 3.63) is 59.7 Å². The second-order valence-corrected chi connectivity index (χ2v) is 16.6. The fourth-order valence-electron chi connectivity index (χ4n) is 7.88. The van der Waals surface area contributed by atoms with Crippen LogP contribution in [0.15, 0.2) is 48.5 Å². The first kappa shape index (κ1) is 50.4. The summed E-state index contributed by atoms with van der Waals surface area (Å²) in [6.07, 6.45) is 1.97. The molecule has 0 saturated carbocycles. The maximum atomic E-state index is 14.2. The van der Waals surface area contributed by atoms with Crippen molar-refractivity contribution in [1.82, 2.24) is 31.1 Å². The largest absolute Gasteiger partial charge is 0.508 e. The number of likely N-dealkylation sites (tertiary alicyclic amines) is 2. The van der Waals surface area contributed by atoms with Crippen molar-refractivity contribution in [1.29, 1.82) is 0 Å². The standard InChI is InChI=1S/C44H63N9O11/c1-3-25(2)37(47)43(62)53-21-7-10-35(53)40(59)49-31(22-26-11-15-28(54)16-12-26)39(58)48-30(8-4-5-19-45)38(57)50-32(24-36(46)56)42(61)52-20-6-9-34(52)41(60)51-33(44(63)64)23-27-13-17-29(55)18-14-27/h11-18,25,30-35,37,54-55H,3-10,19-24,45,47H2,1-2H3,(H2,46,56)(H,48,58)(H,49,59)(H,50,57)(H,51,60)(H,63,64)/t25-,30-,31-,32-,33-,34-,35-,37-/m0/s1. The van der Waals surface area contributed by atoms with Crippen LogP contribution in [0, 0.1) is 5.92 Å². The molecule has 20 heteroatoms. The number of carboxylic acid groups (broad SMARTS) is 1. The van der Waals surface area contributed by atoms with Crippen LogP contribution < -0.4 is 38.5 Å². The number of carboxylic acids is 1. The third-order valence-corrected chi connectivity index (χ3v) is 11.8. The molecule has 0 aromatic heterocycles. The second kappa shape index (κ2) is 24.0. The highest BCUT2D eigenvalue weighted by Gasteiger charge is 2.41. The molecule has 2 aromatic carbocycles. The van der Waals surface area contributed by atoms with Gasteiger partial charge in [0.25, 0.3) is 0 Å². The predicted molar refractivity (Wildman–Crippen MR) is 233 cm³/mol. The molecule has 2 aliphatic rings. The number of hydrogen-bond donors (Lipinski definition) is 10. The Labute approximate surface area is 372 Å². The minimum Gasteiger partial charge on any atom is -0.508 e. The van der Waals surface area contributed by atoms with Gasteiger partial charge in [0.2, 0.25) is 41.4 Å². The van der Waals surface area contributed by atoms with Crippen LogP contribution in [0.1, 0.15) is 82.8 Å². The molecular weight excluding hydrogens is 831 g/mol. The van der Waals surface area contributed by atoms with Gasteiger partial charge in [0, 0.05) is 25.9 Å². The molecular formula is C44H63N9O11. The molecule has 350 valence electrons. The van der Waals surface area contributed by atoms with Crippen LogP contribution in [-0.4, -0.2) is 134 Å². The van der Waals surface area contributed by atoms with Crippen LogP contribution in [0.3, 0.4) is 0 Å². The Kier molecular flexibility index (Phi) is 18.9. The average Bonchev–Trinajstić information content (AvgIpc) is 3.97. The van der Waals surface area contributed by atoms with Crippen molar-refractivity contribution in [2.75, 3.05) is 19.6 Å². The van der Waals surface area contributed by atoms with Gasteiger partial charge in [-0.05, 0) is 92.8 Å². The maximum absolute atomic E-state index is 14.2. The van der Waals surface area contributed by atoms with Crippen LogP contribution in [0.25, 0.3) is 0 Å². The van der Waals surface area contributed by atoms with E-state index in [0.29, 0.717) is 56.2 Å². The number of carbonyl (C=O) groups excluding carboxylic acids is 7. The molecule has 7 amide bonds. The van der Waals surface area contributed by atoms with Crippen molar-refractivity contribution < 1.29 is 53.7 Å². The highest BCUT2D eigenvalue weighted by atomic mass is 16.4. The van der Waals surface area contributed by atoms with Crippen molar-refractivity contribution in [3.8, 4) is 11.5 Å². The Balaban J connectivity index is 1.54. The summed E-state index contributed by atoms with van der Waals surface area (Å²) in [5.41, 5.74) is 18.6. The van der Waals surface area contributed by atoms with E-state index in [1.54, 1.807) is 12.1 Å². The van der Waals surface area contributed by atoms with Crippen LogP contribution in [-0.2, 0) is 51.2 Å². The van der Waals surface area contributed by atoms with Gasteiger partial charge >= 0.3 is 5.97 Å². The molecule has 2 aromatic rings. The lowest BCUT2D eigenvalue weighted by atomic mass is 9.98. The third-order valence-electron chi connectivity index (χ3n) is 11.8. The molecule has 20 nitrogen and oxygen atoms in total. The van der Waals surface area contributed by atoms with Gasteiger partial charge in [-0.1, -0.05) is 44.5 Å². The summed E-state index contributed by atoms with van der Waals surface area (Å²) in [7, 11) is 0. The van der Waals surface area contributed by atoms with Gasteiger partial charge in [-0.25, -0.2) is 4.79 Å². The van der Waals surface area contributed by atoms with E-state index in [9.17, 15) is 53.7 Å². The molecule has 0 radical (unpaired) electrons. The number of nitrogens with one attached hydrogen (secondary N) is 4. The van der Waals surface area contributed by atoms with E-state index < -0.39 is 90.1 Å². The molecule has 0 aliphatic carbocycles. The smallest absolute Gasteiger partial charge is 0.326 e. The number of benzene rings is 2. The van der Waals surface area contributed by atoms with Crippen molar-refractivity contribution in [2.45, 2.75) is 127 Å². The lowest BCUT2D eigenvalue weighted by Gasteiger charge is -2.31. The molecule has 2 fully saturated rings. The zero-order valence-electron chi connectivity index (χ0n) is 36.4. The van der Waals surface area contributed by atoms with Gasteiger partial charge in [-0.15, -0.1) is 0 Å². The van der Waals surface area contributed by atoms with Crippen LogP contribution in [0.2, 0.25) is 0 Å². The zero-order valence-corrected chi connectivity index (χ0v) is 36.4. The Morgan fingerprint density at radius 3 is 1.64 bits per heavy atom. The molecule has 0 unspecified atom stereocenters. The Morgan fingerprint density at radius 1 is 0.688 bits per heavy atom. The van der Waals surface area contributed by atoms with Gasteiger partial charge in [-0.3, -0.25) is 33.6 Å². The van der Waals surface area contributed by atoms with Gasteiger partial charge in [0.1, 0.15) is 47.8 Å². The molecule has 0 bridgehead atoms. The lowest BCUT2D eigenvalue weighted by molar-refractivity contribution is -0.145. The third kappa shape index (κ3) is 14.1. The topological polar surface area (TPSA) is 330 Å². The molecule has 0 spiro atoms. The molecule has 2 saturated heterocycles. The predicted octanol–water partition coefficient (Wildman–Crippen LogP) is -0.733. The number of hydrogen-bond acceptors (Lipinski definition) is 12.